The van der Waals surface area contributed by atoms with Crippen molar-refractivity contribution in [1.82, 2.24) is 0 Å². The molecule has 4 heteroatoms. The molecule has 0 aromatic carbocycles. The molecule has 4 aliphatic carbocycles. The second kappa shape index (κ2) is 8.04. The summed E-state index contributed by atoms with van der Waals surface area (Å²) in [5.41, 5.74) is 0. The van der Waals surface area contributed by atoms with Crippen LogP contribution in [-0.2, 0) is 34.7 Å². The van der Waals surface area contributed by atoms with Crippen LogP contribution in [0.3, 0.4) is 0 Å². The van der Waals surface area contributed by atoms with Crippen LogP contribution >= 0.6 is 0 Å². The number of allylic oxidation sites excluding steroid dienone is 4. The van der Waals surface area contributed by atoms with Gasteiger partial charge in [-0.2, -0.15) is 0 Å². The number of cyclic esters (lactones) is 2. The molecular weight excluding hydrogens is 371 g/mol. The first-order valence-electron chi connectivity index (χ1n) is 7.99. The number of ether oxygens (including phenoxy) is 1. The Morgan fingerprint density at radius 3 is 1.09 bits per heavy atom. The van der Waals surface area contributed by atoms with Gasteiger partial charge in [0, 0.05) is 32.6 Å². The van der Waals surface area contributed by atoms with Crippen LogP contribution in [0.5, 0.6) is 0 Å². The predicted molar refractivity (Wildman–Crippen MR) is 80.2 cm³/mol. The van der Waals surface area contributed by atoms with Crippen molar-refractivity contribution in [3.63, 3.8) is 0 Å². The van der Waals surface area contributed by atoms with Gasteiger partial charge < -0.3 is 4.74 Å². The molecule has 2 saturated carbocycles. The molecule has 22 heavy (non-hydrogen) atoms. The zero-order chi connectivity index (χ0) is 14.7. The minimum absolute atomic E-state index is 0. The first-order chi connectivity index (χ1) is 10.2. The second-order valence-electron chi connectivity index (χ2n) is 6.51. The van der Waals surface area contributed by atoms with Crippen LogP contribution in [0, 0.1) is 23.7 Å². The zero-order valence-corrected chi connectivity index (χ0v) is 14.1. The van der Waals surface area contributed by atoms with Crippen molar-refractivity contribution in [1.29, 1.82) is 0 Å². The predicted octanol–water partition coefficient (Wildman–Crippen LogP) is 3.57. The average Bonchev–Trinajstić information content (AvgIpc) is 3.29. The zero-order valence-electron chi connectivity index (χ0n) is 12.6. The summed E-state index contributed by atoms with van der Waals surface area (Å²) < 4.78 is 3.97. The number of rotatable bonds is 0. The topological polar surface area (TPSA) is 43.4 Å². The van der Waals surface area contributed by atoms with Gasteiger partial charge in [0.05, 0.1) is 0 Å². The number of fused-ring (bicyclic) bond motifs is 4. The Hall–Kier alpha value is -0.978. The summed E-state index contributed by atoms with van der Waals surface area (Å²) >= 11 is 0. The van der Waals surface area contributed by atoms with Crippen LogP contribution < -0.4 is 0 Å². The summed E-state index contributed by atoms with van der Waals surface area (Å²) in [5, 5.41) is 0. The normalized spacial score (nSPS) is 34.7. The SMILES string of the molecule is C1=CC2CCC1C2.C1=CC2CCC1C2.O=C1C=CC(=O)O1.[Pd]. The molecule has 0 radical (unpaired) electrons. The maximum absolute atomic E-state index is 9.92. The van der Waals surface area contributed by atoms with E-state index in [2.05, 4.69) is 29.0 Å². The maximum atomic E-state index is 9.92. The Balaban J connectivity index is 0.000000118. The Labute approximate surface area is 145 Å². The summed E-state index contributed by atoms with van der Waals surface area (Å²) in [5.74, 6) is 2.81. The van der Waals surface area contributed by atoms with Crippen molar-refractivity contribution in [3.05, 3.63) is 36.5 Å². The minimum atomic E-state index is -0.579. The summed E-state index contributed by atoms with van der Waals surface area (Å²) in [7, 11) is 0. The largest absolute Gasteiger partial charge is 0.387 e. The molecule has 122 valence electrons. The van der Waals surface area contributed by atoms with E-state index in [0.717, 1.165) is 35.8 Å². The molecule has 5 rings (SSSR count). The monoisotopic (exact) mass is 392 g/mol. The van der Waals surface area contributed by atoms with Gasteiger partial charge in [0.15, 0.2) is 0 Å². The Morgan fingerprint density at radius 1 is 0.682 bits per heavy atom. The third-order valence-corrected chi connectivity index (χ3v) is 4.90. The van der Waals surface area contributed by atoms with E-state index in [0.29, 0.717) is 0 Å². The van der Waals surface area contributed by atoms with Crippen LogP contribution in [-0.4, -0.2) is 11.9 Å². The van der Waals surface area contributed by atoms with Gasteiger partial charge in [-0.15, -0.1) is 0 Å². The van der Waals surface area contributed by atoms with E-state index in [4.69, 9.17) is 0 Å². The fourth-order valence-electron chi connectivity index (χ4n) is 3.74. The number of hydrogen-bond acceptors (Lipinski definition) is 3. The molecule has 0 saturated heterocycles. The molecule has 0 aromatic heterocycles. The van der Waals surface area contributed by atoms with E-state index < -0.39 is 11.9 Å². The van der Waals surface area contributed by atoms with Crippen molar-refractivity contribution in [2.45, 2.75) is 38.5 Å². The van der Waals surface area contributed by atoms with Crippen LogP contribution in [0.15, 0.2) is 36.5 Å². The van der Waals surface area contributed by atoms with Crippen LogP contribution in [0.1, 0.15) is 38.5 Å². The summed E-state index contributed by atoms with van der Waals surface area (Å²) in [6, 6.07) is 0. The molecule has 2 fully saturated rings. The minimum Gasteiger partial charge on any atom is -0.387 e. The maximum Gasteiger partial charge on any atom is 0.338 e. The number of carbonyl (C=O) groups is 2. The van der Waals surface area contributed by atoms with Crippen molar-refractivity contribution in [2.75, 3.05) is 0 Å². The first-order valence-corrected chi connectivity index (χ1v) is 7.99. The van der Waals surface area contributed by atoms with Crippen LogP contribution in [0.4, 0.5) is 0 Å². The molecule has 0 aromatic rings. The Kier molecular flexibility index (Phi) is 6.35. The number of carbonyl (C=O) groups excluding carboxylic acids is 2. The summed E-state index contributed by atoms with van der Waals surface area (Å²) in [4.78, 5) is 19.8. The molecule has 0 N–H and O–H groups in total. The van der Waals surface area contributed by atoms with Crippen LogP contribution in [0.25, 0.3) is 0 Å². The second-order valence-corrected chi connectivity index (χ2v) is 6.51. The fourth-order valence-corrected chi connectivity index (χ4v) is 3.74. The molecule has 5 aliphatic rings. The van der Waals surface area contributed by atoms with E-state index in [-0.39, 0.29) is 20.4 Å². The van der Waals surface area contributed by atoms with Gasteiger partial charge in [-0.1, -0.05) is 24.3 Å². The van der Waals surface area contributed by atoms with E-state index in [1.807, 2.05) is 0 Å². The van der Waals surface area contributed by atoms with E-state index in [9.17, 15) is 9.59 Å². The number of esters is 2. The molecule has 1 aliphatic heterocycles. The standard InChI is InChI=1S/2C7H10.C4H2O3.Pd/c2*1-2-7-4-3-6(1)5-7;5-3-1-2-4(6)7-3;/h2*1-2,6-7H,3-5H2;1-2H;. The quantitative estimate of drug-likeness (QED) is 0.274. The molecular formula is C18H22O3Pd. The molecule has 4 unspecified atom stereocenters. The molecule has 0 amide bonds. The van der Waals surface area contributed by atoms with Gasteiger partial charge in [0.1, 0.15) is 0 Å². The van der Waals surface area contributed by atoms with Crippen molar-refractivity contribution in [3.8, 4) is 0 Å². The Morgan fingerprint density at radius 2 is 1.00 bits per heavy atom. The fraction of sp³-hybridized carbons (Fsp3) is 0.556. The van der Waals surface area contributed by atoms with Crippen molar-refractivity contribution in [2.24, 2.45) is 23.7 Å². The van der Waals surface area contributed by atoms with Gasteiger partial charge in [-0.3, -0.25) is 0 Å². The van der Waals surface area contributed by atoms with Gasteiger partial charge in [-0.25, -0.2) is 9.59 Å². The van der Waals surface area contributed by atoms with E-state index in [1.54, 1.807) is 0 Å². The summed E-state index contributed by atoms with van der Waals surface area (Å²) in [6.07, 6.45) is 20.5. The molecule has 3 nitrogen and oxygen atoms in total. The van der Waals surface area contributed by atoms with E-state index >= 15 is 0 Å². The number of hydrogen-bond donors (Lipinski definition) is 0. The molecule has 4 atom stereocenters. The third-order valence-electron chi connectivity index (χ3n) is 4.90. The van der Waals surface area contributed by atoms with Crippen molar-refractivity contribution >= 4 is 11.9 Å². The third kappa shape index (κ3) is 4.76. The Bertz CT molecular complexity index is 438. The smallest absolute Gasteiger partial charge is 0.338 e. The van der Waals surface area contributed by atoms with Gasteiger partial charge >= 0.3 is 11.9 Å². The van der Waals surface area contributed by atoms with E-state index in [1.165, 1.54) is 38.5 Å². The molecule has 1 heterocycles. The summed E-state index contributed by atoms with van der Waals surface area (Å²) in [6.45, 7) is 0. The van der Waals surface area contributed by atoms with Crippen LogP contribution in [0.2, 0.25) is 0 Å². The van der Waals surface area contributed by atoms with Crippen molar-refractivity contribution < 1.29 is 34.7 Å². The van der Waals surface area contributed by atoms with Gasteiger partial charge in [-0.05, 0) is 62.2 Å². The van der Waals surface area contributed by atoms with Gasteiger partial charge in [0.2, 0.25) is 0 Å². The molecule has 0 spiro atoms. The first kappa shape index (κ1) is 17.4. The average molecular weight is 393 g/mol. The van der Waals surface area contributed by atoms with Gasteiger partial charge in [0.25, 0.3) is 0 Å². The molecule has 4 bridgehead atoms.